The SMILES string of the molecule is O=C(CNc1ccc(N2CCOCC2)nc1)N/N=C1\SCC(=O)N1c1ccccc1. The highest BCUT2D eigenvalue weighted by Gasteiger charge is 2.29. The van der Waals surface area contributed by atoms with Crippen molar-refractivity contribution in [1.29, 1.82) is 0 Å². The van der Waals surface area contributed by atoms with Gasteiger partial charge in [0.25, 0.3) is 5.91 Å². The first-order valence-electron chi connectivity index (χ1n) is 9.61. The number of anilines is 3. The average Bonchev–Trinajstić information content (AvgIpc) is 3.18. The lowest BCUT2D eigenvalue weighted by Gasteiger charge is -2.27. The molecule has 156 valence electrons. The third kappa shape index (κ3) is 4.89. The highest BCUT2D eigenvalue weighted by molar-refractivity contribution is 8.15. The van der Waals surface area contributed by atoms with Crippen molar-refractivity contribution in [2.75, 3.05) is 53.7 Å². The van der Waals surface area contributed by atoms with Gasteiger partial charge in [-0.2, -0.15) is 0 Å². The summed E-state index contributed by atoms with van der Waals surface area (Å²) in [5.41, 5.74) is 3.98. The van der Waals surface area contributed by atoms with Crippen molar-refractivity contribution in [3.8, 4) is 0 Å². The van der Waals surface area contributed by atoms with E-state index in [-0.39, 0.29) is 18.4 Å². The molecule has 0 aliphatic carbocycles. The number of ether oxygens (including phenoxy) is 1. The second kappa shape index (κ2) is 9.59. The first kappa shape index (κ1) is 20.2. The van der Waals surface area contributed by atoms with Crippen molar-refractivity contribution in [3.63, 3.8) is 0 Å². The number of thioether (sulfide) groups is 1. The van der Waals surface area contributed by atoms with Crippen LogP contribution in [-0.2, 0) is 14.3 Å². The van der Waals surface area contributed by atoms with Gasteiger partial charge in [0.15, 0.2) is 5.17 Å². The maximum Gasteiger partial charge on any atom is 0.259 e. The van der Waals surface area contributed by atoms with E-state index in [9.17, 15) is 9.59 Å². The smallest absolute Gasteiger partial charge is 0.259 e. The van der Waals surface area contributed by atoms with Gasteiger partial charge in [0, 0.05) is 13.1 Å². The number of morpholine rings is 1. The number of aromatic nitrogens is 1. The van der Waals surface area contributed by atoms with Gasteiger partial charge >= 0.3 is 0 Å². The molecule has 2 aliphatic heterocycles. The van der Waals surface area contributed by atoms with Gasteiger partial charge in [-0.1, -0.05) is 30.0 Å². The summed E-state index contributed by atoms with van der Waals surface area (Å²) in [7, 11) is 0. The van der Waals surface area contributed by atoms with Gasteiger partial charge in [0.1, 0.15) is 5.82 Å². The van der Waals surface area contributed by atoms with Crippen molar-refractivity contribution in [2.45, 2.75) is 0 Å². The van der Waals surface area contributed by atoms with Gasteiger partial charge in [-0.25, -0.2) is 10.4 Å². The minimum Gasteiger partial charge on any atom is -0.378 e. The molecule has 4 rings (SSSR count). The van der Waals surface area contributed by atoms with Crippen molar-refractivity contribution in [1.82, 2.24) is 10.4 Å². The third-order valence-corrected chi connectivity index (χ3v) is 5.52. The number of amidine groups is 1. The normalized spacial score (nSPS) is 18.0. The summed E-state index contributed by atoms with van der Waals surface area (Å²) in [4.78, 5) is 32.5. The van der Waals surface area contributed by atoms with Crippen LogP contribution in [-0.4, -0.2) is 60.6 Å². The number of nitrogens with zero attached hydrogens (tertiary/aromatic N) is 4. The van der Waals surface area contributed by atoms with Crippen LogP contribution in [0.4, 0.5) is 17.2 Å². The molecule has 0 atom stereocenters. The van der Waals surface area contributed by atoms with Crippen LogP contribution in [0.1, 0.15) is 0 Å². The molecule has 30 heavy (non-hydrogen) atoms. The lowest BCUT2D eigenvalue weighted by atomic mass is 10.3. The second-order valence-electron chi connectivity index (χ2n) is 6.64. The summed E-state index contributed by atoms with van der Waals surface area (Å²) < 4.78 is 5.35. The van der Waals surface area contributed by atoms with Crippen molar-refractivity contribution in [2.24, 2.45) is 5.10 Å². The standard InChI is InChI=1S/C20H22N6O3S/c27-18(13-21-15-6-7-17(22-12-15)25-8-10-29-11-9-25)23-24-20-26(19(28)14-30-20)16-4-2-1-3-5-16/h1-7,12,21H,8-11,13-14H2,(H,23,27)/b24-20-. The summed E-state index contributed by atoms with van der Waals surface area (Å²) in [6.07, 6.45) is 1.70. The summed E-state index contributed by atoms with van der Waals surface area (Å²) in [5, 5.41) is 7.61. The zero-order valence-electron chi connectivity index (χ0n) is 16.3. The minimum atomic E-state index is -0.312. The van der Waals surface area contributed by atoms with Crippen LogP contribution in [0.2, 0.25) is 0 Å². The quantitative estimate of drug-likeness (QED) is 0.676. The van der Waals surface area contributed by atoms with E-state index < -0.39 is 0 Å². The Labute approximate surface area is 178 Å². The first-order valence-corrected chi connectivity index (χ1v) is 10.6. The molecule has 2 aliphatic rings. The van der Waals surface area contributed by atoms with E-state index in [1.807, 2.05) is 42.5 Å². The van der Waals surface area contributed by atoms with E-state index in [0.717, 1.165) is 30.3 Å². The van der Waals surface area contributed by atoms with Gasteiger partial charge in [-0.3, -0.25) is 14.5 Å². The van der Waals surface area contributed by atoms with Crippen LogP contribution in [0.15, 0.2) is 53.8 Å². The monoisotopic (exact) mass is 426 g/mol. The summed E-state index contributed by atoms with van der Waals surface area (Å²) >= 11 is 1.29. The number of carbonyl (C=O) groups excluding carboxylic acids is 2. The third-order valence-electron chi connectivity index (χ3n) is 4.59. The molecule has 3 heterocycles. The molecule has 10 heteroatoms. The fourth-order valence-electron chi connectivity index (χ4n) is 3.08. The Balaban J connectivity index is 1.30. The molecule has 0 spiro atoms. The molecular weight excluding hydrogens is 404 g/mol. The van der Waals surface area contributed by atoms with Crippen LogP contribution in [0.5, 0.6) is 0 Å². The molecule has 2 amide bonds. The number of hydrogen-bond acceptors (Lipinski definition) is 8. The van der Waals surface area contributed by atoms with Gasteiger partial charge in [0.2, 0.25) is 5.91 Å². The highest BCUT2D eigenvalue weighted by Crippen LogP contribution is 2.26. The number of para-hydroxylation sites is 1. The molecule has 9 nitrogen and oxygen atoms in total. The summed E-state index contributed by atoms with van der Waals surface area (Å²) in [5.74, 6) is 0.809. The largest absolute Gasteiger partial charge is 0.378 e. The zero-order valence-corrected chi connectivity index (χ0v) is 17.1. The Kier molecular flexibility index (Phi) is 6.45. The Morgan fingerprint density at radius 1 is 1.17 bits per heavy atom. The van der Waals surface area contributed by atoms with Crippen LogP contribution in [0.3, 0.4) is 0 Å². The van der Waals surface area contributed by atoms with Crippen LogP contribution in [0, 0.1) is 0 Å². The van der Waals surface area contributed by atoms with Gasteiger partial charge in [-0.15, -0.1) is 5.10 Å². The molecular formula is C20H22N6O3S. The number of nitrogens with one attached hydrogen (secondary N) is 2. The van der Waals surface area contributed by atoms with E-state index in [2.05, 4.69) is 25.7 Å². The molecule has 0 saturated carbocycles. The van der Waals surface area contributed by atoms with Crippen LogP contribution < -0.4 is 20.5 Å². The molecule has 0 bridgehead atoms. The molecule has 2 fully saturated rings. The van der Waals surface area contributed by atoms with E-state index in [0.29, 0.717) is 24.1 Å². The van der Waals surface area contributed by atoms with Crippen LogP contribution in [0.25, 0.3) is 0 Å². The summed E-state index contributed by atoms with van der Waals surface area (Å²) in [6.45, 7) is 3.09. The van der Waals surface area contributed by atoms with E-state index in [1.165, 1.54) is 16.7 Å². The number of hydrazone groups is 1. The predicted molar refractivity (Wildman–Crippen MR) is 118 cm³/mol. The molecule has 1 aromatic heterocycles. The fourth-order valence-corrected chi connectivity index (χ4v) is 3.91. The van der Waals surface area contributed by atoms with Gasteiger partial charge < -0.3 is 15.0 Å². The molecule has 0 unspecified atom stereocenters. The number of rotatable bonds is 6. The van der Waals surface area contributed by atoms with Crippen molar-refractivity contribution in [3.05, 3.63) is 48.7 Å². The second-order valence-corrected chi connectivity index (χ2v) is 7.58. The van der Waals surface area contributed by atoms with Gasteiger partial charge in [0.05, 0.1) is 43.1 Å². The number of benzene rings is 1. The van der Waals surface area contributed by atoms with E-state index >= 15 is 0 Å². The lowest BCUT2D eigenvalue weighted by molar-refractivity contribution is -0.119. The van der Waals surface area contributed by atoms with E-state index in [4.69, 9.17) is 4.74 Å². The Hall–Kier alpha value is -3.11. The highest BCUT2D eigenvalue weighted by atomic mass is 32.2. The number of hydrogen-bond donors (Lipinski definition) is 2. The zero-order chi connectivity index (χ0) is 20.8. The minimum absolute atomic E-state index is 0.0410. The topological polar surface area (TPSA) is 99.2 Å². The first-order chi connectivity index (χ1) is 14.7. The molecule has 2 saturated heterocycles. The molecule has 1 aromatic carbocycles. The van der Waals surface area contributed by atoms with Crippen molar-refractivity contribution >= 4 is 45.9 Å². The number of pyridine rings is 1. The molecule has 2 aromatic rings. The molecule has 2 N–H and O–H groups in total. The predicted octanol–water partition coefficient (Wildman–Crippen LogP) is 1.50. The Bertz CT molecular complexity index is 916. The molecule has 0 radical (unpaired) electrons. The lowest BCUT2D eigenvalue weighted by Crippen LogP contribution is -2.36. The maximum atomic E-state index is 12.2. The Morgan fingerprint density at radius 2 is 1.97 bits per heavy atom. The fraction of sp³-hybridized carbons (Fsp3) is 0.300. The average molecular weight is 427 g/mol. The van der Waals surface area contributed by atoms with Gasteiger partial charge in [-0.05, 0) is 24.3 Å². The number of amides is 2. The number of carbonyl (C=O) groups is 2. The van der Waals surface area contributed by atoms with E-state index in [1.54, 1.807) is 6.20 Å². The van der Waals surface area contributed by atoms with Crippen LogP contribution >= 0.6 is 11.8 Å². The maximum absolute atomic E-state index is 12.2. The summed E-state index contributed by atoms with van der Waals surface area (Å²) in [6, 6.07) is 13.0. The van der Waals surface area contributed by atoms with Crippen molar-refractivity contribution < 1.29 is 14.3 Å². The Morgan fingerprint density at radius 3 is 2.70 bits per heavy atom.